The summed E-state index contributed by atoms with van der Waals surface area (Å²) in [6.45, 7) is 3.59. The molecule has 1 saturated carbocycles. The van der Waals surface area contributed by atoms with E-state index in [0.29, 0.717) is 19.3 Å². The van der Waals surface area contributed by atoms with Crippen molar-refractivity contribution in [1.82, 2.24) is 0 Å². The molecule has 1 aliphatic rings. The molecule has 1 heterocycles. The molecule has 0 spiro atoms. The van der Waals surface area contributed by atoms with Crippen molar-refractivity contribution in [3.05, 3.63) is 47.4 Å². The molecule has 32 heavy (non-hydrogen) atoms. The van der Waals surface area contributed by atoms with Crippen LogP contribution in [0.1, 0.15) is 57.2 Å². The third-order valence-electron chi connectivity index (χ3n) is 6.64. The molecule has 0 amide bonds. The van der Waals surface area contributed by atoms with Crippen LogP contribution in [0.2, 0.25) is 0 Å². The van der Waals surface area contributed by atoms with Crippen LogP contribution in [0, 0.1) is 17.3 Å². The summed E-state index contributed by atoms with van der Waals surface area (Å²) in [5.41, 5.74) is -0.806. The Morgan fingerprint density at radius 3 is 2.62 bits per heavy atom. The van der Waals surface area contributed by atoms with Crippen LogP contribution in [0.4, 0.5) is 0 Å². The van der Waals surface area contributed by atoms with Gasteiger partial charge in [-0.2, -0.15) is 0 Å². The minimum atomic E-state index is -0.806. The smallest absolute Gasteiger partial charge is 0.303 e. The van der Waals surface area contributed by atoms with Gasteiger partial charge >= 0.3 is 5.97 Å². The van der Waals surface area contributed by atoms with Gasteiger partial charge in [-0.15, -0.1) is 11.3 Å². The van der Waals surface area contributed by atoms with Gasteiger partial charge in [0.25, 0.3) is 0 Å². The highest BCUT2D eigenvalue weighted by Crippen LogP contribution is 2.45. The number of hydrogen-bond acceptors (Lipinski definition) is 5. The normalized spacial score (nSPS) is 23.9. The largest absolute Gasteiger partial charge is 0.481 e. The predicted octanol–water partition coefficient (Wildman–Crippen LogP) is 4.99. The number of rotatable bonds is 11. The predicted molar refractivity (Wildman–Crippen MR) is 128 cm³/mol. The number of hydrogen-bond donors (Lipinski definition) is 3. The third kappa shape index (κ3) is 5.85. The van der Waals surface area contributed by atoms with Gasteiger partial charge in [-0.3, -0.25) is 9.59 Å². The summed E-state index contributed by atoms with van der Waals surface area (Å²) in [4.78, 5) is 24.7. The van der Waals surface area contributed by atoms with Crippen molar-refractivity contribution in [1.29, 1.82) is 0 Å². The molecule has 174 valence electrons. The number of thiophene rings is 1. The summed E-state index contributed by atoms with van der Waals surface area (Å²) >= 11 is 1.67. The number of carboxylic acid groups (broad SMARTS) is 1. The highest BCUT2D eigenvalue weighted by atomic mass is 32.1. The number of ketones is 1. The molecule has 1 aliphatic carbocycles. The molecule has 0 bridgehead atoms. The van der Waals surface area contributed by atoms with Crippen molar-refractivity contribution in [3.63, 3.8) is 0 Å². The lowest BCUT2D eigenvalue weighted by Gasteiger charge is -2.22. The van der Waals surface area contributed by atoms with Gasteiger partial charge in [0.05, 0.1) is 17.6 Å². The zero-order valence-corrected chi connectivity index (χ0v) is 19.7. The average Bonchev–Trinajstić information content (AvgIpc) is 3.21. The van der Waals surface area contributed by atoms with Gasteiger partial charge in [0.15, 0.2) is 0 Å². The van der Waals surface area contributed by atoms with E-state index in [2.05, 4.69) is 18.2 Å². The first-order valence-electron chi connectivity index (χ1n) is 11.5. The summed E-state index contributed by atoms with van der Waals surface area (Å²) in [5, 5.41) is 31.3. The molecule has 5 nitrogen and oxygen atoms in total. The second-order valence-corrected chi connectivity index (χ2v) is 10.6. The van der Waals surface area contributed by atoms with E-state index in [1.165, 1.54) is 10.1 Å². The maximum absolute atomic E-state index is 13.0. The Bertz CT molecular complexity index is 927. The lowest BCUT2D eigenvalue weighted by atomic mass is 9.86. The number of fused-ring (bicyclic) bond motifs is 1. The van der Waals surface area contributed by atoms with Crippen LogP contribution >= 0.6 is 11.3 Å². The number of carboxylic acids is 1. The van der Waals surface area contributed by atoms with E-state index in [0.717, 1.165) is 24.1 Å². The van der Waals surface area contributed by atoms with E-state index >= 15 is 0 Å². The minimum absolute atomic E-state index is 0.0733. The van der Waals surface area contributed by atoms with Gasteiger partial charge in [-0.25, -0.2) is 0 Å². The molecule has 0 aliphatic heterocycles. The van der Waals surface area contributed by atoms with E-state index in [4.69, 9.17) is 5.11 Å². The van der Waals surface area contributed by atoms with E-state index in [1.54, 1.807) is 31.3 Å². The van der Waals surface area contributed by atoms with E-state index in [1.807, 2.05) is 18.2 Å². The molecular weight excluding hydrogens is 424 g/mol. The number of aliphatic hydroxyl groups is 2. The molecule has 0 saturated heterocycles. The van der Waals surface area contributed by atoms with Crippen molar-refractivity contribution in [2.45, 2.75) is 71.0 Å². The van der Waals surface area contributed by atoms with Crippen LogP contribution in [0.5, 0.6) is 0 Å². The van der Waals surface area contributed by atoms with Crippen LogP contribution in [0.3, 0.4) is 0 Å². The number of carbonyl (C=O) groups excluding carboxylic acids is 1. The summed E-state index contributed by atoms with van der Waals surface area (Å²) < 4.78 is 1.20. The fourth-order valence-electron chi connectivity index (χ4n) is 4.72. The first kappa shape index (κ1) is 24.6. The van der Waals surface area contributed by atoms with Gasteiger partial charge in [0, 0.05) is 34.3 Å². The number of unbranched alkanes of at least 4 members (excludes halogenated alkanes) is 3. The second kappa shape index (κ2) is 10.7. The summed E-state index contributed by atoms with van der Waals surface area (Å²) in [6.07, 6.45) is 6.65. The maximum atomic E-state index is 13.0. The van der Waals surface area contributed by atoms with Gasteiger partial charge in [-0.05, 0) is 30.4 Å². The Balaban J connectivity index is 1.59. The number of carbonyl (C=O) groups is 2. The molecule has 2 aromatic rings. The maximum Gasteiger partial charge on any atom is 0.303 e. The van der Waals surface area contributed by atoms with Crippen LogP contribution in [-0.4, -0.2) is 39.3 Å². The molecule has 6 heteroatoms. The first-order chi connectivity index (χ1) is 15.2. The number of aliphatic hydroxyl groups excluding tert-OH is 2. The zero-order valence-electron chi connectivity index (χ0n) is 18.9. The fourth-order valence-corrected chi connectivity index (χ4v) is 5.84. The third-order valence-corrected chi connectivity index (χ3v) is 7.78. The molecule has 1 unspecified atom stereocenters. The van der Waals surface area contributed by atoms with Crippen LogP contribution < -0.4 is 0 Å². The molecule has 3 N–H and O–H groups in total. The van der Waals surface area contributed by atoms with Crippen molar-refractivity contribution < 1.29 is 24.9 Å². The second-order valence-electron chi connectivity index (χ2n) is 9.47. The average molecular weight is 459 g/mol. The monoisotopic (exact) mass is 458 g/mol. The van der Waals surface area contributed by atoms with Crippen molar-refractivity contribution in [3.8, 4) is 0 Å². The van der Waals surface area contributed by atoms with E-state index in [-0.39, 0.29) is 24.0 Å². The Labute approximate surface area is 193 Å². The highest BCUT2D eigenvalue weighted by Gasteiger charge is 2.52. The first-order valence-corrected chi connectivity index (χ1v) is 12.3. The number of Topliss-reactive ketones (excluding diaryl/α,β-unsaturated/α-hetero) is 1. The Morgan fingerprint density at radius 2 is 1.91 bits per heavy atom. The minimum Gasteiger partial charge on any atom is -0.481 e. The van der Waals surface area contributed by atoms with Gasteiger partial charge in [0.1, 0.15) is 5.78 Å². The number of benzene rings is 1. The van der Waals surface area contributed by atoms with E-state index < -0.39 is 23.6 Å². The Hall–Kier alpha value is -2.02. The SMILES string of the molecule is CC1(C)C(=O)[C@H](CCCCCCC(=O)O)[C@@H](C=CC(O)Cc2cc3ccccc3s2)[C@@H]1O. The summed E-state index contributed by atoms with van der Waals surface area (Å²) in [7, 11) is 0. The quantitative estimate of drug-likeness (QED) is 0.326. The van der Waals surface area contributed by atoms with Crippen molar-refractivity contribution in [2.75, 3.05) is 0 Å². The molecule has 1 aromatic heterocycles. The molecule has 3 rings (SSSR count). The number of aliphatic carboxylic acids is 1. The van der Waals surface area contributed by atoms with Crippen molar-refractivity contribution in [2.24, 2.45) is 17.3 Å². The zero-order chi connectivity index (χ0) is 23.3. The summed E-state index contributed by atoms with van der Waals surface area (Å²) in [6, 6.07) is 10.2. The topological polar surface area (TPSA) is 94.8 Å². The summed E-state index contributed by atoms with van der Waals surface area (Å²) in [5.74, 6) is -1.29. The molecular formula is C26H34O5S. The highest BCUT2D eigenvalue weighted by molar-refractivity contribution is 7.19. The molecule has 4 atom stereocenters. The van der Waals surface area contributed by atoms with E-state index in [9.17, 15) is 19.8 Å². The Kier molecular flexibility index (Phi) is 8.26. The molecule has 1 fully saturated rings. The van der Waals surface area contributed by atoms with Gasteiger partial charge < -0.3 is 15.3 Å². The Morgan fingerprint density at radius 1 is 1.19 bits per heavy atom. The van der Waals surface area contributed by atoms with Crippen LogP contribution in [-0.2, 0) is 16.0 Å². The standard InChI is InChI=1S/C26H34O5S/c1-26(2)24(30)20(10-5-3-4-6-12-23(28)29)21(25(26)31)14-13-18(27)16-19-15-17-9-7-8-11-22(17)32-19/h7-9,11,13-15,18,20-21,25,27,31H,3-6,10,12,16H2,1-2H3,(H,28,29)/t18?,20-,21-,25+/m1/s1. The van der Waals surface area contributed by atoms with Crippen molar-refractivity contribution >= 4 is 33.2 Å². The lowest BCUT2D eigenvalue weighted by molar-refractivity contribution is -0.137. The lowest BCUT2D eigenvalue weighted by Crippen LogP contribution is -2.31. The molecule has 0 radical (unpaired) electrons. The molecule has 1 aromatic carbocycles. The van der Waals surface area contributed by atoms with Gasteiger partial charge in [0.2, 0.25) is 0 Å². The van der Waals surface area contributed by atoms with Crippen LogP contribution in [0.25, 0.3) is 10.1 Å². The van der Waals surface area contributed by atoms with Crippen LogP contribution in [0.15, 0.2) is 42.5 Å². The fraction of sp³-hybridized carbons (Fsp3) is 0.538. The van der Waals surface area contributed by atoms with Gasteiger partial charge in [-0.1, -0.05) is 63.5 Å².